The van der Waals surface area contributed by atoms with Crippen LogP contribution in [0, 0.1) is 11.6 Å². The van der Waals surface area contributed by atoms with Gasteiger partial charge in [0.2, 0.25) is 0 Å². The molecule has 0 bridgehead atoms. The van der Waals surface area contributed by atoms with Crippen LogP contribution >= 0.6 is 27.5 Å². The highest BCUT2D eigenvalue weighted by atomic mass is 79.9. The van der Waals surface area contributed by atoms with Gasteiger partial charge in [-0.2, -0.15) is 0 Å². The zero-order chi connectivity index (χ0) is 13.1. The van der Waals surface area contributed by atoms with Crippen molar-refractivity contribution < 1.29 is 8.78 Å². The predicted octanol–water partition coefficient (Wildman–Crippen LogP) is 4.99. The van der Waals surface area contributed by atoms with Crippen LogP contribution in [0.5, 0.6) is 0 Å². The van der Waals surface area contributed by atoms with E-state index in [9.17, 15) is 8.78 Å². The van der Waals surface area contributed by atoms with Crippen LogP contribution in [0.1, 0.15) is 5.56 Å². The van der Waals surface area contributed by atoms with Gasteiger partial charge in [0.05, 0.1) is 4.47 Å². The Kier molecular flexibility index (Phi) is 4.19. The number of anilines is 1. The molecule has 1 N–H and O–H groups in total. The van der Waals surface area contributed by atoms with Gasteiger partial charge in [-0.1, -0.05) is 11.6 Å². The van der Waals surface area contributed by atoms with Crippen molar-refractivity contribution in [2.45, 2.75) is 6.54 Å². The Labute approximate surface area is 117 Å². The van der Waals surface area contributed by atoms with Gasteiger partial charge in [0, 0.05) is 22.8 Å². The summed E-state index contributed by atoms with van der Waals surface area (Å²) in [5, 5.41) is 3.48. The molecule has 0 amide bonds. The lowest BCUT2D eigenvalue weighted by atomic mass is 10.2. The zero-order valence-corrected chi connectivity index (χ0v) is 11.5. The third-order valence-electron chi connectivity index (χ3n) is 2.41. The van der Waals surface area contributed by atoms with Crippen LogP contribution in [-0.4, -0.2) is 0 Å². The van der Waals surface area contributed by atoms with Gasteiger partial charge in [-0.15, -0.1) is 0 Å². The molecule has 2 rings (SSSR count). The first-order valence-corrected chi connectivity index (χ1v) is 6.36. The highest BCUT2D eigenvalue weighted by molar-refractivity contribution is 9.10. The fraction of sp³-hybridized carbons (Fsp3) is 0.0769. The van der Waals surface area contributed by atoms with Crippen LogP contribution in [0.2, 0.25) is 5.02 Å². The van der Waals surface area contributed by atoms with Gasteiger partial charge < -0.3 is 5.32 Å². The van der Waals surface area contributed by atoms with E-state index in [0.717, 1.165) is 0 Å². The van der Waals surface area contributed by atoms with Crippen LogP contribution in [-0.2, 0) is 6.54 Å². The first-order chi connectivity index (χ1) is 8.56. The molecule has 0 aliphatic carbocycles. The average molecular weight is 333 g/mol. The van der Waals surface area contributed by atoms with E-state index in [4.69, 9.17) is 11.6 Å². The molecule has 0 aliphatic heterocycles. The standard InChI is InChI=1S/C13H9BrClF2N/c14-11-6-10(2-4-13(11)17)18-7-8-5-9(15)1-3-12(8)16/h1-6,18H,7H2. The van der Waals surface area contributed by atoms with E-state index in [1.54, 1.807) is 18.2 Å². The van der Waals surface area contributed by atoms with Gasteiger partial charge in [-0.3, -0.25) is 0 Å². The highest BCUT2D eigenvalue weighted by Gasteiger charge is 2.04. The summed E-state index contributed by atoms with van der Waals surface area (Å²) in [7, 11) is 0. The summed E-state index contributed by atoms with van der Waals surface area (Å²) in [6, 6.07) is 8.89. The monoisotopic (exact) mass is 331 g/mol. The number of rotatable bonds is 3. The summed E-state index contributed by atoms with van der Waals surface area (Å²) in [6.07, 6.45) is 0. The molecule has 5 heteroatoms. The summed E-state index contributed by atoms with van der Waals surface area (Å²) < 4.78 is 26.8. The topological polar surface area (TPSA) is 12.0 Å². The van der Waals surface area contributed by atoms with Gasteiger partial charge in [-0.25, -0.2) is 8.78 Å². The summed E-state index contributed by atoms with van der Waals surface area (Å²) in [5.74, 6) is -0.664. The van der Waals surface area contributed by atoms with Crippen molar-refractivity contribution >= 4 is 33.2 Å². The Morgan fingerprint density at radius 3 is 2.50 bits per heavy atom. The van der Waals surface area contributed by atoms with Crippen LogP contribution in [0.15, 0.2) is 40.9 Å². The van der Waals surface area contributed by atoms with Gasteiger partial charge in [0.15, 0.2) is 0 Å². The second-order valence-electron chi connectivity index (χ2n) is 3.72. The molecule has 0 atom stereocenters. The number of benzene rings is 2. The van der Waals surface area contributed by atoms with Crippen LogP contribution < -0.4 is 5.32 Å². The van der Waals surface area contributed by atoms with Crippen molar-refractivity contribution in [3.63, 3.8) is 0 Å². The Balaban J connectivity index is 2.11. The molecule has 18 heavy (non-hydrogen) atoms. The SMILES string of the molecule is Fc1ccc(NCc2cc(Cl)ccc2F)cc1Br. The number of hydrogen-bond donors (Lipinski definition) is 1. The van der Waals surface area contributed by atoms with E-state index >= 15 is 0 Å². The third kappa shape index (κ3) is 3.21. The second kappa shape index (κ2) is 5.67. The molecule has 0 spiro atoms. The minimum Gasteiger partial charge on any atom is -0.381 e. The van der Waals surface area contributed by atoms with E-state index < -0.39 is 0 Å². The van der Waals surface area contributed by atoms with Gasteiger partial charge in [-0.05, 0) is 52.3 Å². The molecule has 0 aromatic heterocycles. The first-order valence-electron chi connectivity index (χ1n) is 5.19. The van der Waals surface area contributed by atoms with E-state index in [1.165, 1.54) is 18.2 Å². The molecule has 94 valence electrons. The molecule has 2 aromatic carbocycles. The molecule has 0 saturated heterocycles. The lowest BCUT2D eigenvalue weighted by Crippen LogP contribution is -2.02. The molecule has 0 heterocycles. The maximum atomic E-state index is 13.4. The molecule has 0 saturated carbocycles. The molecule has 0 unspecified atom stereocenters. The minimum atomic E-state index is -0.338. The summed E-state index contributed by atoms with van der Waals surface area (Å²) in [4.78, 5) is 0. The first kappa shape index (κ1) is 13.3. The molecule has 2 aromatic rings. The largest absolute Gasteiger partial charge is 0.381 e. The van der Waals surface area contributed by atoms with Gasteiger partial charge in [0.25, 0.3) is 0 Å². The lowest BCUT2D eigenvalue weighted by molar-refractivity contribution is 0.612. The minimum absolute atomic E-state index is 0.282. The van der Waals surface area contributed by atoms with Gasteiger partial charge >= 0.3 is 0 Å². The van der Waals surface area contributed by atoms with Crippen molar-refractivity contribution in [3.05, 3.63) is 63.1 Å². The zero-order valence-electron chi connectivity index (χ0n) is 9.18. The van der Waals surface area contributed by atoms with Crippen LogP contribution in [0.3, 0.4) is 0 Å². The maximum absolute atomic E-state index is 13.4. The summed E-state index contributed by atoms with van der Waals surface area (Å²) >= 11 is 8.88. The smallest absolute Gasteiger partial charge is 0.137 e. The Hall–Kier alpha value is -1.13. The summed E-state index contributed by atoms with van der Waals surface area (Å²) in [6.45, 7) is 0.282. The normalized spacial score (nSPS) is 10.4. The number of halogens is 4. The van der Waals surface area contributed by atoms with E-state index in [2.05, 4.69) is 21.2 Å². The van der Waals surface area contributed by atoms with Crippen molar-refractivity contribution in [1.82, 2.24) is 0 Å². The fourth-order valence-electron chi connectivity index (χ4n) is 1.48. The summed E-state index contributed by atoms with van der Waals surface area (Å²) in [5.41, 5.74) is 1.16. The Bertz CT molecular complexity index is 575. The Morgan fingerprint density at radius 2 is 1.78 bits per heavy atom. The van der Waals surface area contributed by atoms with Crippen molar-refractivity contribution in [2.24, 2.45) is 0 Å². The molecule has 0 radical (unpaired) electrons. The predicted molar refractivity (Wildman–Crippen MR) is 72.8 cm³/mol. The van der Waals surface area contributed by atoms with Crippen molar-refractivity contribution in [3.8, 4) is 0 Å². The Morgan fingerprint density at radius 1 is 1.06 bits per heavy atom. The number of nitrogens with one attached hydrogen (secondary N) is 1. The second-order valence-corrected chi connectivity index (χ2v) is 5.01. The van der Waals surface area contributed by atoms with E-state index in [-0.39, 0.29) is 18.2 Å². The van der Waals surface area contributed by atoms with Crippen molar-refractivity contribution in [2.75, 3.05) is 5.32 Å². The molecule has 1 nitrogen and oxygen atoms in total. The number of hydrogen-bond acceptors (Lipinski definition) is 1. The fourth-order valence-corrected chi connectivity index (χ4v) is 2.06. The van der Waals surface area contributed by atoms with Crippen molar-refractivity contribution in [1.29, 1.82) is 0 Å². The maximum Gasteiger partial charge on any atom is 0.137 e. The van der Waals surface area contributed by atoms with Crippen LogP contribution in [0.4, 0.5) is 14.5 Å². The van der Waals surface area contributed by atoms with Crippen LogP contribution in [0.25, 0.3) is 0 Å². The quantitative estimate of drug-likeness (QED) is 0.834. The molecule has 0 fully saturated rings. The van der Waals surface area contributed by atoms with Gasteiger partial charge in [0.1, 0.15) is 11.6 Å². The molecular weight excluding hydrogens is 324 g/mol. The average Bonchev–Trinajstić information content (AvgIpc) is 2.34. The van der Waals surface area contributed by atoms with E-state index in [0.29, 0.717) is 20.7 Å². The molecular formula is C13H9BrClF2N. The highest BCUT2D eigenvalue weighted by Crippen LogP contribution is 2.21. The van der Waals surface area contributed by atoms with E-state index in [1.807, 2.05) is 0 Å². The third-order valence-corrected chi connectivity index (χ3v) is 3.25. The molecule has 0 aliphatic rings. The lowest BCUT2D eigenvalue weighted by Gasteiger charge is -2.08.